The van der Waals surface area contributed by atoms with Crippen LogP contribution in [0.1, 0.15) is 52.1 Å². The van der Waals surface area contributed by atoms with E-state index in [4.69, 9.17) is 0 Å². The van der Waals surface area contributed by atoms with Gasteiger partial charge in [-0.25, -0.2) is 0 Å². The Hall–Kier alpha value is -0.470. The summed E-state index contributed by atoms with van der Waals surface area (Å²) in [6.45, 7) is 9.43. The zero-order valence-electron chi connectivity index (χ0n) is 13.4. The number of thioether (sulfide) groups is 1. The van der Waals surface area contributed by atoms with Crippen LogP contribution >= 0.6 is 11.8 Å². The molecule has 2 atom stereocenters. The lowest BCUT2D eigenvalue weighted by Gasteiger charge is -2.37. The van der Waals surface area contributed by atoms with E-state index in [1.54, 1.807) is 0 Å². The van der Waals surface area contributed by atoms with E-state index < -0.39 is 0 Å². The number of rotatable bonds is 5. The standard InChI is InChI=1S/C18H29NS/c1-14(2)10-17(15-8-6-5-7-9-15)19-16-11-18(3,4)13-20-12-16/h5-9,14,16-17,19H,10-13H2,1-4H3. The molecule has 2 rings (SSSR count). The number of nitrogens with one attached hydrogen (secondary N) is 1. The minimum absolute atomic E-state index is 0.472. The minimum Gasteiger partial charge on any atom is -0.306 e. The summed E-state index contributed by atoms with van der Waals surface area (Å²) in [5.41, 5.74) is 1.91. The topological polar surface area (TPSA) is 12.0 Å². The van der Waals surface area contributed by atoms with Crippen molar-refractivity contribution >= 4 is 11.8 Å². The molecule has 2 heteroatoms. The largest absolute Gasteiger partial charge is 0.306 e. The molecule has 0 aliphatic carbocycles. The molecule has 2 unspecified atom stereocenters. The summed E-state index contributed by atoms with van der Waals surface area (Å²) < 4.78 is 0. The summed E-state index contributed by atoms with van der Waals surface area (Å²) in [5, 5.41) is 3.94. The molecule has 1 saturated heterocycles. The van der Waals surface area contributed by atoms with Crippen LogP contribution in [0.5, 0.6) is 0 Å². The maximum atomic E-state index is 3.94. The zero-order chi connectivity index (χ0) is 14.6. The third-order valence-corrected chi connectivity index (χ3v) is 5.58. The highest BCUT2D eigenvalue weighted by Gasteiger charge is 2.30. The van der Waals surface area contributed by atoms with Crippen LogP contribution in [0.25, 0.3) is 0 Å². The predicted octanol–water partition coefficient (Wildman–Crippen LogP) is 4.90. The first-order chi connectivity index (χ1) is 9.46. The molecule has 0 amide bonds. The van der Waals surface area contributed by atoms with Crippen molar-refractivity contribution in [3.8, 4) is 0 Å². The molecule has 20 heavy (non-hydrogen) atoms. The van der Waals surface area contributed by atoms with Crippen molar-refractivity contribution in [3.63, 3.8) is 0 Å². The van der Waals surface area contributed by atoms with Crippen LogP contribution in [0, 0.1) is 11.3 Å². The highest BCUT2D eigenvalue weighted by Crippen LogP contribution is 2.35. The van der Waals surface area contributed by atoms with Crippen LogP contribution in [-0.2, 0) is 0 Å². The van der Waals surface area contributed by atoms with Crippen molar-refractivity contribution in [1.29, 1.82) is 0 Å². The molecule has 1 aliphatic heterocycles. The van der Waals surface area contributed by atoms with Gasteiger partial charge in [0, 0.05) is 17.8 Å². The van der Waals surface area contributed by atoms with Crippen LogP contribution in [0.15, 0.2) is 30.3 Å². The van der Waals surface area contributed by atoms with Gasteiger partial charge >= 0.3 is 0 Å². The van der Waals surface area contributed by atoms with Gasteiger partial charge in [-0.1, -0.05) is 58.0 Å². The van der Waals surface area contributed by atoms with Crippen molar-refractivity contribution in [3.05, 3.63) is 35.9 Å². The number of hydrogen-bond donors (Lipinski definition) is 1. The van der Waals surface area contributed by atoms with Crippen LogP contribution in [0.2, 0.25) is 0 Å². The van der Waals surface area contributed by atoms with Crippen molar-refractivity contribution in [1.82, 2.24) is 5.32 Å². The van der Waals surface area contributed by atoms with Crippen molar-refractivity contribution in [2.75, 3.05) is 11.5 Å². The van der Waals surface area contributed by atoms with Gasteiger partial charge in [-0.05, 0) is 35.5 Å². The molecule has 1 nitrogen and oxygen atoms in total. The Morgan fingerprint density at radius 1 is 1.25 bits per heavy atom. The second kappa shape index (κ2) is 7.00. The Balaban J connectivity index is 2.04. The summed E-state index contributed by atoms with van der Waals surface area (Å²) in [6, 6.07) is 12.1. The molecular formula is C18H29NS. The summed E-state index contributed by atoms with van der Waals surface area (Å²) in [7, 11) is 0. The molecule has 1 fully saturated rings. The van der Waals surface area contributed by atoms with E-state index in [2.05, 4.69) is 75.1 Å². The smallest absolute Gasteiger partial charge is 0.0325 e. The molecule has 0 aromatic heterocycles. The highest BCUT2D eigenvalue weighted by atomic mass is 32.2. The molecule has 0 saturated carbocycles. The van der Waals surface area contributed by atoms with Crippen LogP contribution < -0.4 is 5.32 Å². The summed E-state index contributed by atoms with van der Waals surface area (Å²) >= 11 is 2.10. The Morgan fingerprint density at radius 3 is 2.55 bits per heavy atom. The molecular weight excluding hydrogens is 262 g/mol. The first kappa shape index (κ1) is 15.9. The van der Waals surface area contributed by atoms with Gasteiger partial charge < -0.3 is 5.32 Å². The fourth-order valence-electron chi connectivity index (χ4n) is 3.11. The second-order valence-electron chi connectivity index (χ2n) is 7.34. The third kappa shape index (κ3) is 4.82. The van der Waals surface area contributed by atoms with Crippen LogP contribution in [0.4, 0.5) is 0 Å². The first-order valence-electron chi connectivity index (χ1n) is 7.85. The summed E-state index contributed by atoms with van der Waals surface area (Å²) in [5.74, 6) is 3.27. The number of hydrogen-bond acceptors (Lipinski definition) is 2. The third-order valence-electron chi connectivity index (χ3n) is 3.96. The van der Waals surface area contributed by atoms with E-state index >= 15 is 0 Å². The van der Waals surface area contributed by atoms with Crippen LogP contribution in [0.3, 0.4) is 0 Å². The van der Waals surface area contributed by atoms with Gasteiger partial charge in [-0.15, -0.1) is 0 Å². The van der Waals surface area contributed by atoms with Gasteiger partial charge in [-0.3, -0.25) is 0 Å². The lowest BCUT2D eigenvalue weighted by molar-refractivity contribution is 0.288. The van der Waals surface area contributed by atoms with E-state index in [9.17, 15) is 0 Å². The van der Waals surface area contributed by atoms with Gasteiger partial charge in [0.25, 0.3) is 0 Å². The SMILES string of the molecule is CC(C)CC(NC1CSCC(C)(C)C1)c1ccccc1. The molecule has 1 heterocycles. The van der Waals surface area contributed by atoms with E-state index in [1.165, 1.54) is 29.9 Å². The van der Waals surface area contributed by atoms with Crippen molar-refractivity contribution in [2.24, 2.45) is 11.3 Å². The van der Waals surface area contributed by atoms with E-state index in [0.717, 1.165) is 5.92 Å². The minimum atomic E-state index is 0.472. The van der Waals surface area contributed by atoms with E-state index in [1.807, 2.05) is 0 Å². The fourth-order valence-corrected chi connectivity index (χ4v) is 4.40. The van der Waals surface area contributed by atoms with Gasteiger partial charge in [0.15, 0.2) is 0 Å². The molecule has 0 bridgehead atoms. The van der Waals surface area contributed by atoms with E-state index in [-0.39, 0.29) is 0 Å². The Kier molecular flexibility index (Phi) is 5.57. The number of benzene rings is 1. The molecule has 0 spiro atoms. The second-order valence-corrected chi connectivity index (χ2v) is 8.37. The normalized spacial score (nSPS) is 23.8. The average molecular weight is 292 g/mol. The quantitative estimate of drug-likeness (QED) is 0.828. The first-order valence-corrected chi connectivity index (χ1v) is 9.00. The van der Waals surface area contributed by atoms with Gasteiger partial charge in [0.2, 0.25) is 0 Å². The lowest BCUT2D eigenvalue weighted by atomic mass is 9.87. The van der Waals surface area contributed by atoms with Gasteiger partial charge in [-0.2, -0.15) is 11.8 Å². The zero-order valence-corrected chi connectivity index (χ0v) is 14.2. The molecule has 112 valence electrons. The van der Waals surface area contributed by atoms with E-state index in [0.29, 0.717) is 17.5 Å². The fraction of sp³-hybridized carbons (Fsp3) is 0.667. The molecule has 0 radical (unpaired) electrons. The molecule has 1 aliphatic rings. The summed E-state index contributed by atoms with van der Waals surface area (Å²) in [4.78, 5) is 0. The van der Waals surface area contributed by atoms with Gasteiger partial charge in [0.05, 0.1) is 0 Å². The molecule has 1 N–H and O–H groups in total. The lowest BCUT2D eigenvalue weighted by Crippen LogP contribution is -2.42. The van der Waals surface area contributed by atoms with Crippen molar-refractivity contribution < 1.29 is 0 Å². The van der Waals surface area contributed by atoms with Gasteiger partial charge in [0.1, 0.15) is 0 Å². The van der Waals surface area contributed by atoms with Crippen molar-refractivity contribution in [2.45, 2.75) is 52.6 Å². The monoisotopic (exact) mass is 291 g/mol. The molecule has 1 aromatic carbocycles. The Bertz CT molecular complexity index is 399. The average Bonchev–Trinajstić information content (AvgIpc) is 2.37. The maximum Gasteiger partial charge on any atom is 0.0325 e. The predicted molar refractivity (Wildman–Crippen MR) is 91.3 cm³/mol. The Labute approximate surface area is 128 Å². The highest BCUT2D eigenvalue weighted by molar-refractivity contribution is 7.99. The summed E-state index contributed by atoms with van der Waals surface area (Å²) in [6.07, 6.45) is 2.51. The maximum absolute atomic E-state index is 3.94. The Morgan fingerprint density at radius 2 is 1.95 bits per heavy atom. The molecule has 1 aromatic rings. The van der Waals surface area contributed by atoms with Crippen LogP contribution in [-0.4, -0.2) is 17.5 Å².